The molecule has 5 aromatic rings. The number of aromatic amines is 1. The quantitative estimate of drug-likeness (QED) is 0.485. The van der Waals surface area contributed by atoms with Crippen molar-refractivity contribution in [3.63, 3.8) is 0 Å². The predicted octanol–water partition coefficient (Wildman–Crippen LogP) is 4.18. The lowest BCUT2D eigenvalue weighted by Gasteiger charge is -2.21. The van der Waals surface area contributed by atoms with Crippen molar-refractivity contribution in [1.29, 1.82) is 0 Å². The molecule has 1 aliphatic carbocycles. The molecule has 9 heteroatoms. The van der Waals surface area contributed by atoms with E-state index in [1.807, 2.05) is 18.7 Å². The standard InChI is InChI=1S/C20H20N8S/c1-2-4-14(5-3-1)28-10-13(7-24-28)17-8-21-19-20(25-17)27(12-22-19)11-15-6-16-18(29-15)9-23-26-16/h6-10,12,14H,1-5,11H2,(H,23,26). The number of hydrogen-bond acceptors (Lipinski definition) is 6. The summed E-state index contributed by atoms with van der Waals surface area (Å²) in [5, 5.41) is 11.7. The molecule has 1 saturated carbocycles. The molecule has 0 amide bonds. The fourth-order valence-corrected chi connectivity index (χ4v) is 5.14. The number of fused-ring (bicyclic) bond motifs is 2. The largest absolute Gasteiger partial charge is 0.309 e. The zero-order valence-corrected chi connectivity index (χ0v) is 16.6. The van der Waals surface area contributed by atoms with E-state index in [0.717, 1.165) is 27.1 Å². The van der Waals surface area contributed by atoms with Crippen LogP contribution >= 0.6 is 11.3 Å². The second-order valence-corrected chi connectivity index (χ2v) is 8.80. The Hall–Kier alpha value is -3.07. The minimum absolute atomic E-state index is 0.512. The molecular formula is C20H20N8S. The zero-order valence-electron chi connectivity index (χ0n) is 15.8. The molecule has 29 heavy (non-hydrogen) atoms. The van der Waals surface area contributed by atoms with Crippen molar-refractivity contribution in [2.75, 3.05) is 0 Å². The highest BCUT2D eigenvalue weighted by atomic mass is 32.1. The van der Waals surface area contributed by atoms with E-state index in [0.29, 0.717) is 18.2 Å². The third-order valence-electron chi connectivity index (χ3n) is 5.68. The normalized spacial score (nSPS) is 15.6. The second-order valence-electron chi connectivity index (χ2n) is 7.64. The van der Waals surface area contributed by atoms with E-state index >= 15 is 0 Å². The highest BCUT2D eigenvalue weighted by Gasteiger charge is 2.17. The highest BCUT2D eigenvalue weighted by Crippen LogP contribution is 2.29. The van der Waals surface area contributed by atoms with Gasteiger partial charge in [0.05, 0.1) is 53.4 Å². The first kappa shape index (κ1) is 16.8. The van der Waals surface area contributed by atoms with Gasteiger partial charge in [-0.3, -0.25) is 9.78 Å². The first-order valence-electron chi connectivity index (χ1n) is 9.98. The molecule has 146 valence electrons. The van der Waals surface area contributed by atoms with Crippen LogP contribution in [0.2, 0.25) is 0 Å². The van der Waals surface area contributed by atoms with Gasteiger partial charge in [-0.25, -0.2) is 15.0 Å². The van der Waals surface area contributed by atoms with Gasteiger partial charge in [0, 0.05) is 16.6 Å². The summed E-state index contributed by atoms with van der Waals surface area (Å²) in [4.78, 5) is 15.1. The Morgan fingerprint density at radius 1 is 1.10 bits per heavy atom. The number of imidazole rings is 1. The minimum Gasteiger partial charge on any atom is -0.309 e. The number of aromatic nitrogens is 8. The number of H-pyrrole nitrogens is 1. The van der Waals surface area contributed by atoms with Crippen molar-refractivity contribution in [3.8, 4) is 11.3 Å². The van der Waals surface area contributed by atoms with E-state index < -0.39 is 0 Å². The molecule has 1 N–H and O–H groups in total. The van der Waals surface area contributed by atoms with Gasteiger partial charge < -0.3 is 4.57 Å². The first-order valence-corrected chi connectivity index (χ1v) is 10.8. The predicted molar refractivity (Wildman–Crippen MR) is 112 cm³/mol. The monoisotopic (exact) mass is 404 g/mol. The van der Waals surface area contributed by atoms with Crippen LogP contribution in [0, 0.1) is 0 Å². The number of hydrogen-bond donors (Lipinski definition) is 1. The van der Waals surface area contributed by atoms with Crippen molar-refractivity contribution < 1.29 is 0 Å². The van der Waals surface area contributed by atoms with E-state index in [1.54, 1.807) is 17.5 Å². The van der Waals surface area contributed by atoms with Crippen LogP contribution in [0.25, 0.3) is 32.8 Å². The second kappa shape index (κ2) is 6.77. The zero-order chi connectivity index (χ0) is 19.2. The van der Waals surface area contributed by atoms with E-state index in [9.17, 15) is 0 Å². The molecule has 0 bridgehead atoms. The molecule has 0 aromatic carbocycles. The van der Waals surface area contributed by atoms with Gasteiger partial charge in [0.1, 0.15) is 0 Å². The summed E-state index contributed by atoms with van der Waals surface area (Å²) in [5.41, 5.74) is 4.37. The van der Waals surface area contributed by atoms with E-state index in [1.165, 1.54) is 37.0 Å². The average Bonchev–Trinajstić information content (AvgIpc) is 3.53. The van der Waals surface area contributed by atoms with Crippen LogP contribution in [-0.4, -0.2) is 39.5 Å². The summed E-state index contributed by atoms with van der Waals surface area (Å²) in [6.07, 6.45) is 15.8. The van der Waals surface area contributed by atoms with Crippen molar-refractivity contribution >= 4 is 32.8 Å². The fourth-order valence-electron chi connectivity index (χ4n) is 4.15. The lowest BCUT2D eigenvalue weighted by atomic mass is 9.96. The Morgan fingerprint density at radius 2 is 2.03 bits per heavy atom. The maximum atomic E-state index is 4.87. The van der Waals surface area contributed by atoms with E-state index in [4.69, 9.17) is 4.98 Å². The van der Waals surface area contributed by atoms with E-state index in [2.05, 4.69) is 46.8 Å². The van der Waals surface area contributed by atoms with Gasteiger partial charge in [-0.2, -0.15) is 10.2 Å². The summed E-state index contributed by atoms with van der Waals surface area (Å²) in [5.74, 6) is 0. The molecule has 0 atom stereocenters. The summed E-state index contributed by atoms with van der Waals surface area (Å²) in [7, 11) is 0. The molecular weight excluding hydrogens is 384 g/mol. The van der Waals surface area contributed by atoms with Gasteiger partial charge in [0.25, 0.3) is 0 Å². The Balaban J connectivity index is 1.32. The summed E-state index contributed by atoms with van der Waals surface area (Å²) in [6, 6.07) is 2.64. The Kier molecular flexibility index (Phi) is 3.93. The third-order valence-corrected chi connectivity index (χ3v) is 6.73. The topological polar surface area (TPSA) is 90.1 Å². The van der Waals surface area contributed by atoms with Crippen LogP contribution in [0.1, 0.15) is 43.0 Å². The molecule has 5 aromatic heterocycles. The smallest absolute Gasteiger partial charge is 0.197 e. The van der Waals surface area contributed by atoms with Crippen molar-refractivity contribution in [2.24, 2.45) is 0 Å². The van der Waals surface area contributed by atoms with Crippen molar-refractivity contribution in [1.82, 2.24) is 39.5 Å². The number of nitrogens with zero attached hydrogens (tertiary/aromatic N) is 7. The maximum Gasteiger partial charge on any atom is 0.197 e. The van der Waals surface area contributed by atoms with Gasteiger partial charge in [-0.05, 0) is 18.9 Å². The molecule has 1 fully saturated rings. The number of rotatable bonds is 4. The number of nitrogens with one attached hydrogen (secondary N) is 1. The lowest BCUT2D eigenvalue weighted by molar-refractivity contribution is 0.329. The molecule has 0 unspecified atom stereocenters. The summed E-state index contributed by atoms with van der Waals surface area (Å²) in [6.45, 7) is 0.711. The SMILES string of the molecule is c1nn(C2CCCCC2)cc1-c1cnc2ncn(Cc3cc4[nH]ncc4s3)c2n1. The highest BCUT2D eigenvalue weighted by molar-refractivity contribution is 7.19. The third kappa shape index (κ3) is 3.02. The average molecular weight is 405 g/mol. The fraction of sp³-hybridized carbons (Fsp3) is 0.350. The van der Waals surface area contributed by atoms with Crippen LogP contribution in [0.3, 0.4) is 0 Å². The van der Waals surface area contributed by atoms with Gasteiger partial charge >= 0.3 is 0 Å². The Bertz CT molecular complexity index is 1260. The maximum absolute atomic E-state index is 4.87. The van der Waals surface area contributed by atoms with Crippen molar-refractivity contribution in [2.45, 2.75) is 44.7 Å². The van der Waals surface area contributed by atoms with Gasteiger partial charge in [0.2, 0.25) is 0 Å². The minimum atomic E-state index is 0.512. The summed E-state index contributed by atoms with van der Waals surface area (Å²) >= 11 is 1.73. The van der Waals surface area contributed by atoms with Gasteiger partial charge in [-0.1, -0.05) is 19.3 Å². The van der Waals surface area contributed by atoms with Crippen LogP contribution in [0.15, 0.2) is 37.2 Å². The molecule has 0 radical (unpaired) electrons. The van der Waals surface area contributed by atoms with E-state index in [-0.39, 0.29) is 0 Å². The molecule has 1 aliphatic rings. The van der Waals surface area contributed by atoms with Crippen molar-refractivity contribution in [3.05, 3.63) is 42.1 Å². The van der Waals surface area contributed by atoms with Crippen LogP contribution in [0.4, 0.5) is 0 Å². The lowest BCUT2D eigenvalue weighted by Crippen LogP contribution is -2.12. The Morgan fingerprint density at radius 3 is 2.93 bits per heavy atom. The first-order chi connectivity index (χ1) is 14.3. The number of thiophene rings is 1. The molecule has 0 aliphatic heterocycles. The molecule has 6 rings (SSSR count). The molecule has 5 heterocycles. The molecule has 0 spiro atoms. The van der Waals surface area contributed by atoms with Crippen LogP contribution in [-0.2, 0) is 6.54 Å². The summed E-state index contributed by atoms with van der Waals surface area (Å²) < 4.78 is 5.32. The molecule has 0 saturated heterocycles. The van der Waals surface area contributed by atoms with Gasteiger partial charge in [0.15, 0.2) is 11.3 Å². The van der Waals surface area contributed by atoms with Crippen LogP contribution in [0.5, 0.6) is 0 Å². The van der Waals surface area contributed by atoms with Gasteiger partial charge in [-0.15, -0.1) is 11.3 Å². The Labute approximate surface area is 170 Å². The molecule has 8 nitrogen and oxygen atoms in total. The van der Waals surface area contributed by atoms with Crippen LogP contribution < -0.4 is 0 Å².